The molecule has 5 nitrogen and oxygen atoms in total. The number of esters is 1. The van der Waals surface area contributed by atoms with E-state index in [4.69, 9.17) is 14.5 Å². The quantitative estimate of drug-likeness (QED) is 0.260. The molecule has 4 aromatic carbocycles. The van der Waals surface area contributed by atoms with Crippen molar-refractivity contribution in [2.45, 2.75) is 31.2 Å². The van der Waals surface area contributed by atoms with Crippen LogP contribution in [0.4, 0.5) is 24.5 Å². The first-order valence-corrected chi connectivity index (χ1v) is 12.6. The molecule has 1 spiro atoms. The van der Waals surface area contributed by atoms with Crippen LogP contribution in [0.1, 0.15) is 35.3 Å². The van der Waals surface area contributed by atoms with Gasteiger partial charge < -0.3 is 14.4 Å². The summed E-state index contributed by atoms with van der Waals surface area (Å²) in [5.74, 6) is -0.0385. The number of hydrogen-bond donors (Lipinski definition) is 0. The van der Waals surface area contributed by atoms with E-state index in [1.54, 1.807) is 0 Å². The molecule has 4 aromatic rings. The Morgan fingerprint density at radius 3 is 2.44 bits per heavy atom. The van der Waals surface area contributed by atoms with Gasteiger partial charge in [0.15, 0.2) is 0 Å². The number of hydrogen-bond acceptors (Lipinski definition) is 5. The zero-order chi connectivity index (χ0) is 27.4. The highest BCUT2D eigenvalue weighted by molar-refractivity contribution is 6.00. The van der Waals surface area contributed by atoms with Gasteiger partial charge >= 0.3 is 12.1 Å². The number of nitrogens with zero attached hydrogens (tertiary/aromatic N) is 2. The lowest BCUT2D eigenvalue weighted by Crippen LogP contribution is -2.62. The van der Waals surface area contributed by atoms with Gasteiger partial charge in [-0.2, -0.15) is 13.2 Å². The van der Waals surface area contributed by atoms with E-state index in [0.29, 0.717) is 5.75 Å². The van der Waals surface area contributed by atoms with Gasteiger partial charge in [-0.3, -0.25) is 4.99 Å². The number of fused-ring (bicyclic) bond motifs is 4. The Bertz CT molecular complexity index is 1610. The summed E-state index contributed by atoms with van der Waals surface area (Å²) < 4.78 is 51.0. The van der Waals surface area contributed by atoms with Gasteiger partial charge in [0.05, 0.1) is 29.3 Å². The number of halogens is 3. The van der Waals surface area contributed by atoms with Gasteiger partial charge in [0.2, 0.25) is 5.72 Å². The number of anilines is 1. The third-order valence-corrected chi connectivity index (χ3v) is 7.66. The van der Waals surface area contributed by atoms with Crippen molar-refractivity contribution in [3.05, 3.63) is 102 Å². The highest BCUT2D eigenvalue weighted by Gasteiger charge is 2.59. The summed E-state index contributed by atoms with van der Waals surface area (Å²) in [5.41, 5.74) is 0.480. The van der Waals surface area contributed by atoms with Gasteiger partial charge in [-0.25, -0.2) is 4.79 Å². The number of alkyl halides is 3. The number of para-hydroxylation sites is 1. The number of rotatable bonds is 4. The van der Waals surface area contributed by atoms with Crippen LogP contribution in [0.3, 0.4) is 0 Å². The van der Waals surface area contributed by atoms with Crippen molar-refractivity contribution in [3.63, 3.8) is 0 Å². The molecule has 1 atom stereocenters. The predicted octanol–water partition coefficient (Wildman–Crippen LogP) is 7.30. The van der Waals surface area contributed by atoms with Crippen LogP contribution in [0, 0.1) is 0 Å². The van der Waals surface area contributed by atoms with E-state index in [9.17, 15) is 18.0 Å². The average Bonchev–Trinajstić information content (AvgIpc) is 3.11. The van der Waals surface area contributed by atoms with Crippen molar-refractivity contribution >= 4 is 34.3 Å². The Balaban J connectivity index is 1.29. The van der Waals surface area contributed by atoms with Gasteiger partial charge in [-0.05, 0) is 61.2 Å². The molecule has 0 aliphatic carbocycles. The number of carbonyl (C=O) groups excluding carboxylic acids is 1. The fraction of sp³-hybridized carbons (Fsp3) is 0.226. The van der Waals surface area contributed by atoms with Gasteiger partial charge in [-0.1, -0.05) is 48.5 Å². The molecule has 6 rings (SSSR count). The summed E-state index contributed by atoms with van der Waals surface area (Å²) in [5, 5.41) is 2.06. The second kappa shape index (κ2) is 8.86. The topological polar surface area (TPSA) is 51.1 Å². The molecule has 0 N–H and O–H groups in total. The smallest absolute Gasteiger partial charge is 0.416 e. The Morgan fingerprint density at radius 1 is 0.949 bits per heavy atom. The van der Waals surface area contributed by atoms with Crippen LogP contribution in [0.2, 0.25) is 0 Å². The van der Waals surface area contributed by atoms with Crippen molar-refractivity contribution in [1.29, 1.82) is 0 Å². The molecule has 0 saturated heterocycles. The van der Waals surface area contributed by atoms with Crippen molar-refractivity contribution in [3.8, 4) is 5.75 Å². The molecule has 0 saturated carbocycles. The molecular weight excluding hydrogens is 505 g/mol. The van der Waals surface area contributed by atoms with Crippen LogP contribution in [-0.2, 0) is 16.3 Å². The van der Waals surface area contributed by atoms with Crippen molar-refractivity contribution in [1.82, 2.24) is 0 Å². The van der Waals surface area contributed by atoms with E-state index in [-0.39, 0.29) is 18.7 Å². The normalized spacial score (nSPS) is 19.1. The molecule has 0 radical (unpaired) electrons. The molecule has 0 bridgehead atoms. The Morgan fingerprint density at radius 2 is 1.67 bits per heavy atom. The molecule has 198 valence electrons. The lowest BCUT2D eigenvalue weighted by Gasteiger charge is -2.46. The summed E-state index contributed by atoms with van der Waals surface area (Å²) in [6.07, 6.45) is -2.64. The van der Waals surface area contributed by atoms with E-state index in [1.165, 1.54) is 0 Å². The van der Waals surface area contributed by atoms with Gasteiger partial charge in [0.1, 0.15) is 18.0 Å². The fourth-order valence-corrected chi connectivity index (χ4v) is 5.55. The molecule has 2 aliphatic heterocycles. The number of aliphatic imine (C=N–C) groups is 1. The second-order valence-corrected chi connectivity index (χ2v) is 10.2. The zero-order valence-electron chi connectivity index (χ0n) is 21.3. The largest absolute Gasteiger partial charge is 0.460 e. The number of benzene rings is 4. The van der Waals surface area contributed by atoms with Gasteiger partial charge in [0.25, 0.3) is 0 Å². The number of carbonyl (C=O) groups is 1. The van der Waals surface area contributed by atoms with Crippen LogP contribution in [-0.4, -0.2) is 31.1 Å². The Hall–Kier alpha value is -4.33. The van der Waals surface area contributed by atoms with Gasteiger partial charge in [0, 0.05) is 11.1 Å². The summed E-state index contributed by atoms with van der Waals surface area (Å²) in [6, 6.07) is 23.9. The van der Waals surface area contributed by atoms with Crippen molar-refractivity contribution in [2.24, 2.45) is 4.99 Å². The monoisotopic (exact) mass is 530 g/mol. The van der Waals surface area contributed by atoms with E-state index >= 15 is 0 Å². The van der Waals surface area contributed by atoms with E-state index < -0.39 is 28.8 Å². The number of ether oxygens (including phenoxy) is 2. The maximum absolute atomic E-state index is 12.9. The fourth-order valence-electron chi connectivity index (χ4n) is 5.55. The van der Waals surface area contributed by atoms with Crippen molar-refractivity contribution < 1.29 is 27.4 Å². The minimum atomic E-state index is -4.47. The lowest BCUT2D eigenvalue weighted by atomic mass is 9.77. The van der Waals surface area contributed by atoms with E-state index in [1.807, 2.05) is 65.7 Å². The first kappa shape index (κ1) is 25.0. The lowest BCUT2D eigenvalue weighted by molar-refractivity contribution is -0.137. The second-order valence-electron chi connectivity index (χ2n) is 10.2. The summed E-state index contributed by atoms with van der Waals surface area (Å²) in [6.45, 7) is 4.46. The van der Waals surface area contributed by atoms with Crippen LogP contribution in [0.5, 0.6) is 5.75 Å². The highest BCUT2D eigenvalue weighted by Crippen LogP contribution is 2.54. The molecule has 8 heteroatoms. The van der Waals surface area contributed by atoms with Crippen molar-refractivity contribution in [2.75, 3.05) is 18.1 Å². The minimum absolute atomic E-state index is 0.00615. The van der Waals surface area contributed by atoms with Crippen LogP contribution >= 0.6 is 0 Å². The summed E-state index contributed by atoms with van der Waals surface area (Å²) >= 11 is 0. The first-order valence-electron chi connectivity index (χ1n) is 12.6. The standard InChI is InChI=1S/C31H25F3N2O3/c1-29(2)24-9-5-6-10-25(24)36(17-18-38-28(37)21-11-14-22(15-12-21)31(32,33)34)30(29)19-35-27-23-8-4-3-7-20(23)13-16-26(27)39-30/h3-16,19H,17-18H2,1-2H3. The first-order chi connectivity index (χ1) is 18.6. The molecular formula is C31H25F3N2O3. The van der Waals surface area contributed by atoms with Crippen LogP contribution in [0.25, 0.3) is 10.8 Å². The molecule has 2 heterocycles. The SMILES string of the molecule is CC1(C)c2ccccc2N(CCOC(=O)c2ccc(C(F)(F)F)cc2)C12C=Nc1c(ccc3ccccc13)O2. The average molecular weight is 531 g/mol. The molecule has 0 amide bonds. The summed E-state index contributed by atoms with van der Waals surface area (Å²) in [4.78, 5) is 19.6. The third-order valence-electron chi connectivity index (χ3n) is 7.66. The predicted molar refractivity (Wildman–Crippen MR) is 144 cm³/mol. The maximum Gasteiger partial charge on any atom is 0.416 e. The van der Waals surface area contributed by atoms with Gasteiger partial charge in [-0.15, -0.1) is 0 Å². The Kier molecular flexibility index (Phi) is 5.68. The third kappa shape index (κ3) is 3.93. The summed E-state index contributed by atoms with van der Waals surface area (Å²) in [7, 11) is 0. The molecule has 2 aliphatic rings. The Labute approximate surface area is 223 Å². The van der Waals surface area contributed by atoms with Crippen LogP contribution in [0.15, 0.2) is 89.9 Å². The van der Waals surface area contributed by atoms with E-state index in [2.05, 4.69) is 19.9 Å². The van der Waals surface area contributed by atoms with Crippen LogP contribution < -0.4 is 9.64 Å². The molecule has 1 unspecified atom stereocenters. The highest BCUT2D eigenvalue weighted by atomic mass is 19.4. The molecule has 39 heavy (non-hydrogen) atoms. The minimum Gasteiger partial charge on any atom is -0.460 e. The maximum atomic E-state index is 12.9. The van der Waals surface area contributed by atoms with E-state index in [0.717, 1.165) is 52.0 Å². The zero-order valence-corrected chi connectivity index (χ0v) is 21.3. The molecule has 0 aromatic heterocycles. The molecule has 0 fully saturated rings.